The van der Waals surface area contributed by atoms with Crippen molar-refractivity contribution in [1.82, 2.24) is 19.9 Å². The van der Waals surface area contributed by atoms with Crippen molar-refractivity contribution >= 4 is 12.0 Å². The lowest BCUT2D eigenvalue weighted by molar-refractivity contribution is -0.138. The van der Waals surface area contributed by atoms with Gasteiger partial charge in [0.25, 0.3) is 0 Å². The highest BCUT2D eigenvalue weighted by molar-refractivity contribution is 5.86. The summed E-state index contributed by atoms with van der Waals surface area (Å²) in [6.45, 7) is 9.99. The Hall–Kier alpha value is -2.33. The predicted molar refractivity (Wildman–Crippen MR) is 129 cm³/mol. The van der Waals surface area contributed by atoms with Gasteiger partial charge < -0.3 is 14.2 Å². The van der Waals surface area contributed by atoms with Crippen LogP contribution in [0.2, 0.25) is 0 Å². The fourth-order valence-electron chi connectivity index (χ4n) is 5.83. The van der Waals surface area contributed by atoms with Gasteiger partial charge in [0.2, 0.25) is 17.7 Å². The quantitative estimate of drug-likeness (QED) is 0.532. The molecule has 2 amide bonds. The van der Waals surface area contributed by atoms with Crippen LogP contribution in [0.5, 0.6) is 0 Å². The van der Waals surface area contributed by atoms with Crippen molar-refractivity contribution in [1.29, 1.82) is 0 Å². The summed E-state index contributed by atoms with van der Waals surface area (Å²) in [6.07, 6.45) is -0.567. The smallest absolute Gasteiger partial charge is 0.411 e. The van der Waals surface area contributed by atoms with Crippen LogP contribution in [0, 0.1) is 5.92 Å². The molecule has 0 unspecified atom stereocenters. The number of rotatable bonds is 4. The van der Waals surface area contributed by atoms with Crippen LogP contribution >= 0.6 is 0 Å². The molecule has 3 heterocycles. The third-order valence-electron chi connectivity index (χ3n) is 8.19. The molecular weight excluding hydrogens is 489 g/mol. The molecule has 2 atom stereocenters. The summed E-state index contributed by atoms with van der Waals surface area (Å²) in [4.78, 5) is 33.6. The molecule has 1 aromatic rings. The van der Waals surface area contributed by atoms with E-state index in [0.717, 1.165) is 0 Å². The number of nitrogens with zero attached hydrogens (tertiary/aromatic N) is 4. The number of carbonyl (C=O) groups is 2. The zero-order valence-corrected chi connectivity index (χ0v) is 22.4. The van der Waals surface area contributed by atoms with Crippen LogP contribution in [0.1, 0.15) is 97.2 Å². The van der Waals surface area contributed by atoms with Gasteiger partial charge in [0.05, 0.1) is 6.54 Å². The summed E-state index contributed by atoms with van der Waals surface area (Å²) >= 11 is 0. The van der Waals surface area contributed by atoms with Crippen LogP contribution in [0.15, 0.2) is 4.52 Å². The minimum Gasteiger partial charge on any atom is -0.444 e. The molecular formula is C26H39F3N4O4. The van der Waals surface area contributed by atoms with Crippen molar-refractivity contribution < 1.29 is 32.0 Å². The molecule has 1 aromatic heterocycles. The van der Waals surface area contributed by atoms with E-state index < -0.39 is 35.2 Å². The first-order chi connectivity index (χ1) is 17.2. The van der Waals surface area contributed by atoms with Crippen molar-refractivity contribution in [2.45, 2.75) is 115 Å². The van der Waals surface area contributed by atoms with E-state index in [4.69, 9.17) is 9.26 Å². The fourth-order valence-corrected chi connectivity index (χ4v) is 5.83. The standard InChI is InChI=1S/C26H39F3N4O4/c1-16(2)25(22-30-20(37-31-22)17-6-8-26(28,29)9-7-17)10-12-32(13-11-25)21(34)19-14-18(27)15-33(19)23(35)36-24(3,4)5/h16-19H,6-15H2,1-5H3/t18-,19-/m0/s1. The summed E-state index contributed by atoms with van der Waals surface area (Å²) in [7, 11) is 0. The van der Waals surface area contributed by atoms with Crippen molar-refractivity contribution in [2.75, 3.05) is 19.6 Å². The fraction of sp³-hybridized carbons (Fsp3) is 0.846. The van der Waals surface area contributed by atoms with Gasteiger partial charge in [-0.1, -0.05) is 19.0 Å². The van der Waals surface area contributed by atoms with Gasteiger partial charge in [-0.15, -0.1) is 0 Å². The highest BCUT2D eigenvalue weighted by Gasteiger charge is 2.48. The zero-order valence-electron chi connectivity index (χ0n) is 22.4. The first-order valence-corrected chi connectivity index (χ1v) is 13.4. The normalized spacial score (nSPS) is 26.5. The van der Waals surface area contributed by atoms with Crippen LogP contribution < -0.4 is 0 Å². The van der Waals surface area contributed by atoms with Gasteiger partial charge in [-0.2, -0.15) is 4.98 Å². The minimum absolute atomic E-state index is 0.0431. The number of aromatic nitrogens is 2. The van der Waals surface area contributed by atoms with Crippen LogP contribution in [-0.4, -0.2) is 75.3 Å². The van der Waals surface area contributed by atoms with Gasteiger partial charge in [0.1, 0.15) is 17.8 Å². The maximum absolute atomic E-state index is 14.3. The SMILES string of the molecule is CC(C)C1(c2noc(C3CCC(F)(F)CC3)n2)CCN(C(=O)[C@@H]2C[C@H](F)CN2C(=O)OC(C)(C)C)CC1. The van der Waals surface area contributed by atoms with Crippen LogP contribution in [0.3, 0.4) is 0 Å². The lowest BCUT2D eigenvalue weighted by Crippen LogP contribution is -2.54. The molecule has 2 aliphatic heterocycles. The van der Waals surface area contributed by atoms with Crippen LogP contribution in [-0.2, 0) is 14.9 Å². The number of carbonyl (C=O) groups excluding carboxylic acids is 2. The lowest BCUT2D eigenvalue weighted by atomic mass is 9.69. The summed E-state index contributed by atoms with van der Waals surface area (Å²) in [5, 5.41) is 4.28. The molecule has 2 saturated heterocycles. The second kappa shape index (κ2) is 10.1. The molecule has 0 spiro atoms. The molecule has 3 fully saturated rings. The number of hydrogen-bond donors (Lipinski definition) is 0. The Labute approximate surface area is 216 Å². The Kier molecular flexibility index (Phi) is 7.56. The largest absolute Gasteiger partial charge is 0.444 e. The van der Waals surface area contributed by atoms with Crippen molar-refractivity contribution in [2.24, 2.45) is 5.92 Å². The van der Waals surface area contributed by atoms with Gasteiger partial charge in [0.15, 0.2) is 5.82 Å². The van der Waals surface area contributed by atoms with E-state index in [-0.39, 0.29) is 43.6 Å². The number of piperidine rings is 1. The summed E-state index contributed by atoms with van der Waals surface area (Å²) in [6, 6.07) is -0.891. The second-order valence-corrected chi connectivity index (χ2v) is 12.2. The number of hydrogen-bond acceptors (Lipinski definition) is 6. The number of alkyl halides is 3. The molecule has 0 radical (unpaired) electrons. The van der Waals surface area contributed by atoms with Gasteiger partial charge in [0, 0.05) is 43.7 Å². The van der Waals surface area contributed by atoms with Gasteiger partial charge in [-0.3, -0.25) is 9.69 Å². The van der Waals surface area contributed by atoms with Crippen LogP contribution in [0.25, 0.3) is 0 Å². The Morgan fingerprint density at radius 1 is 1.11 bits per heavy atom. The van der Waals surface area contributed by atoms with Gasteiger partial charge in [-0.05, 0) is 52.4 Å². The molecule has 1 aliphatic carbocycles. The van der Waals surface area contributed by atoms with E-state index in [9.17, 15) is 22.8 Å². The first kappa shape index (κ1) is 27.7. The summed E-state index contributed by atoms with van der Waals surface area (Å²) in [5.41, 5.74) is -1.18. The zero-order chi connectivity index (χ0) is 27.2. The third-order valence-corrected chi connectivity index (χ3v) is 8.19. The molecule has 3 aliphatic rings. The molecule has 4 rings (SSSR count). The minimum atomic E-state index is -2.63. The highest BCUT2D eigenvalue weighted by atomic mass is 19.3. The molecule has 11 heteroatoms. The highest BCUT2D eigenvalue weighted by Crippen LogP contribution is 2.44. The molecule has 37 heavy (non-hydrogen) atoms. The Balaban J connectivity index is 1.43. The molecule has 208 valence electrons. The molecule has 8 nitrogen and oxygen atoms in total. The number of likely N-dealkylation sites (tertiary alicyclic amines) is 2. The Morgan fingerprint density at radius 2 is 1.73 bits per heavy atom. The van der Waals surface area contributed by atoms with E-state index >= 15 is 0 Å². The number of ether oxygens (including phenoxy) is 1. The van der Waals surface area contributed by atoms with E-state index in [0.29, 0.717) is 50.5 Å². The van der Waals surface area contributed by atoms with E-state index in [1.165, 1.54) is 4.90 Å². The van der Waals surface area contributed by atoms with E-state index in [2.05, 4.69) is 24.0 Å². The lowest BCUT2D eigenvalue weighted by Gasteiger charge is -2.43. The summed E-state index contributed by atoms with van der Waals surface area (Å²) < 4.78 is 52.4. The van der Waals surface area contributed by atoms with Gasteiger partial charge >= 0.3 is 6.09 Å². The molecule has 0 bridgehead atoms. The Morgan fingerprint density at radius 3 is 2.30 bits per heavy atom. The number of amides is 2. The maximum Gasteiger partial charge on any atom is 0.411 e. The van der Waals surface area contributed by atoms with Gasteiger partial charge in [-0.25, -0.2) is 18.0 Å². The Bertz CT molecular complexity index is 975. The number of halogens is 3. The average molecular weight is 529 g/mol. The van der Waals surface area contributed by atoms with Crippen molar-refractivity contribution in [3.05, 3.63) is 11.7 Å². The monoisotopic (exact) mass is 528 g/mol. The van der Waals surface area contributed by atoms with Crippen LogP contribution in [0.4, 0.5) is 18.0 Å². The molecule has 0 aromatic carbocycles. The topological polar surface area (TPSA) is 88.8 Å². The van der Waals surface area contributed by atoms with Crippen molar-refractivity contribution in [3.8, 4) is 0 Å². The average Bonchev–Trinajstić information content (AvgIpc) is 3.45. The first-order valence-electron chi connectivity index (χ1n) is 13.4. The van der Waals surface area contributed by atoms with E-state index in [1.807, 2.05) is 0 Å². The van der Waals surface area contributed by atoms with Crippen molar-refractivity contribution in [3.63, 3.8) is 0 Å². The summed E-state index contributed by atoms with van der Waals surface area (Å²) in [5.74, 6) is -1.95. The van der Waals surface area contributed by atoms with E-state index in [1.54, 1.807) is 25.7 Å². The maximum atomic E-state index is 14.3. The molecule has 0 N–H and O–H groups in total. The third kappa shape index (κ3) is 5.90. The second-order valence-electron chi connectivity index (χ2n) is 12.2. The predicted octanol–water partition coefficient (Wildman–Crippen LogP) is 5.23. The molecule has 1 saturated carbocycles.